The Morgan fingerprint density at radius 2 is 2.00 bits per heavy atom. The van der Waals surface area contributed by atoms with E-state index in [1.807, 2.05) is 0 Å². The van der Waals surface area contributed by atoms with Crippen molar-refractivity contribution >= 4 is 33.0 Å². The lowest BCUT2D eigenvalue weighted by Gasteiger charge is -2.03. The molecule has 2 rings (SSSR count). The number of carbonyl (C=O) groups is 2. The lowest BCUT2D eigenvalue weighted by atomic mass is 10.0. The highest BCUT2D eigenvalue weighted by atomic mass is 32.2. The normalized spacial score (nSPS) is 11.6. The van der Waals surface area contributed by atoms with Crippen LogP contribution in [0.3, 0.4) is 0 Å². The van der Waals surface area contributed by atoms with E-state index in [0.717, 1.165) is 0 Å². The zero-order chi connectivity index (χ0) is 17.9. The van der Waals surface area contributed by atoms with Crippen molar-refractivity contribution in [3.8, 4) is 0 Å². The van der Waals surface area contributed by atoms with Crippen LogP contribution in [0.25, 0.3) is 10.9 Å². The number of aryl methyl sites for hydroxylation is 1. The number of aromatic nitrogens is 1. The monoisotopic (exact) mass is 355 g/mol. The maximum atomic E-state index is 12.1. The average molecular weight is 355 g/mol. The molecule has 0 spiro atoms. The van der Waals surface area contributed by atoms with Gasteiger partial charge in [-0.05, 0) is 24.5 Å². The van der Waals surface area contributed by atoms with Gasteiger partial charge in [-0.1, -0.05) is 18.2 Å². The number of para-hydroxylation sites is 1. The number of rotatable bonds is 7. The van der Waals surface area contributed by atoms with E-state index in [1.165, 1.54) is 6.07 Å². The number of hydrogen-bond acceptors (Lipinski definition) is 5. The summed E-state index contributed by atoms with van der Waals surface area (Å²) in [5.74, 6) is -2.29. The third kappa shape index (κ3) is 4.12. The smallest absolute Gasteiger partial charge is 0.355 e. The number of benzene rings is 1. The topological polar surface area (TPSA) is 134 Å². The summed E-state index contributed by atoms with van der Waals surface area (Å²) in [6.45, 7) is 1.78. The van der Waals surface area contributed by atoms with Crippen molar-refractivity contribution in [3.63, 3.8) is 0 Å². The van der Waals surface area contributed by atoms with E-state index in [0.29, 0.717) is 16.5 Å². The second-order valence-corrected chi connectivity index (χ2v) is 6.61. The molecule has 1 heterocycles. The summed E-state index contributed by atoms with van der Waals surface area (Å²) >= 11 is 0. The van der Waals surface area contributed by atoms with Crippen molar-refractivity contribution < 1.29 is 32.4 Å². The van der Waals surface area contributed by atoms with Crippen LogP contribution >= 0.6 is 0 Å². The standard InChI is InChI=1S/C15H17NO7S/c1-2-23-15(19)14-11(6-7-12(17)18)10-5-3-4-9(13(10)16-14)8-24(20,21)22/h3-5,16H,2,6-8H2,1H3,(H,17,18)(H,20,21,22). The Kier molecular flexibility index (Phi) is 5.25. The van der Waals surface area contributed by atoms with Gasteiger partial charge in [0, 0.05) is 11.8 Å². The molecule has 0 bridgehead atoms. The number of H-pyrrole nitrogens is 1. The van der Waals surface area contributed by atoms with Gasteiger partial charge in [0.2, 0.25) is 0 Å². The fraction of sp³-hybridized carbons (Fsp3) is 0.333. The molecule has 24 heavy (non-hydrogen) atoms. The number of carbonyl (C=O) groups excluding carboxylic acids is 1. The second kappa shape index (κ2) is 7.02. The molecule has 0 unspecified atom stereocenters. The molecule has 2 aromatic rings. The molecule has 130 valence electrons. The lowest BCUT2D eigenvalue weighted by molar-refractivity contribution is -0.136. The molecular weight excluding hydrogens is 338 g/mol. The van der Waals surface area contributed by atoms with Crippen molar-refractivity contribution in [2.75, 3.05) is 6.61 Å². The SMILES string of the molecule is CCOC(=O)c1[nH]c2c(CS(=O)(=O)O)cccc2c1CCC(=O)O. The minimum absolute atomic E-state index is 0.0822. The Hall–Kier alpha value is -2.39. The third-order valence-electron chi connectivity index (χ3n) is 3.43. The van der Waals surface area contributed by atoms with E-state index >= 15 is 0 Å². The predicted molar refractivity (Wildman–Crippen MR) is 85.5 cm³/mol. The van der Waals surface area contributed by atoms with Gasteiger partial charge in [-0.25, -0.2) is 4.79 Å². The molecule has 0 aliphatic carbocycles. The quantitative estimate of drug-likeness (QED) is 0.509. The highest BCUT2D eigenvalue weighted by molar-refractivity contribution is 7.85. The summed E-state index contributed by atoms with van der Waals surface area (Å²) in [5, 5.41) is 9.41. The second-order valence-electron chi connectivity index (χ2n) is 5.16. The van der Waals surface area contributed by atoms with Gasteiger partial charge in [-0.15, -0.1) is 0 Å². The Bertz CT molecular complexity index is 883. The number of ether oxygens (including phenoxy) is 1. The zero-order valence-electron chi connectivity index (χ0n) is 12.9. The number of carboxylic acid groups (broad SMARTS) is 1. The van der Waals surface area contributed by atoms with Crippen molar-refractivity contribution in [2.24, 2.45) is 0 Å². The number of aromatic amines is 1. The maximum absolute atomic E-state index is 12.1. The number of fused-ring (bicyclic) bond motifs is 1. The zero-order valence-corrected chi connectivity index (χ0v) is 13.7. The fourth-order valence-corrected chi connectivity index (χ4v) is 3.15. The minimum Gasteiger partial charge on any atom is -0.481 e. The molecule has 0 radical (unpaired) electrons. The molecule has 8 nitrogen and oxygen atoms in total. The maximum Gasteiger partial charge on any atom is 0.355 e. The highest BCUT2D eigenvalue weighted by Gasteiger charge is 2.22. The highest BCUT2D eigenvalue weighted by Crippen LogP contribution is 2.28. The first kappa shape index (κ1) is 18.0. The molecule has 0 aliphatic heterocycles. The van der Waals surface area contributed by atoms with Crippen molar-refractivity contribution in [3.05, 3.63) is 35.0 Å². The molecule has 1 aromatic heterocycles. The molecule has 0 aliphatic rings. The van der Waals surface area contributed by atoms with Gasteiger partial charge in [0.25, 0.3) is 10.1 Å². The van der Waals surface area contributed by atoms with Crippen molar-refractivity contribution in [1.29, 1.82) is 0 Å². The van der Waals surface area contributed by atoms with Crippen LogP contribution in [0.5, 0.6) is 0 Å². The molecule has 0 saturated heterocycles. The minimum atomic E-state index is -4.26. The van der Waals surface area contributed by atoms with Gasteiger partial charge in [-0.2, -0.15) is 8.42 Å². The van der Waals surface area contributed by atoms with Crippen LogP contribution in [-0.2, 0) is 31.8 Å². The van der Waals surface area contributed by atoms with Crippen LogP contribution in [0.2, 0.25) is 0 Å². The van der Waals surface area contributed by atoms with Gasteiger partial charge in [0.1, 0.15) is 11.4 Å². The number of esters is 1. The van der Waals surface area contributed by atoms with E-state index in [9.17, 15) is 18.0 Å². The average Bonchev–Trinajstić information content (AvgIpc) is 2.83. The summed E-state index contributed by atoms with van der Waals surface area (Å²) in [6.07, 6.45) is -0.110. The first-order valence-corrected chi connectivity index (χ1v) is 8.80. The molecule has 0 saturated carbocycles. The van der Waals surface area contributed by atoms with E-state index in [4.69, 9.17) is 14.4 Å². The Morgan fingerprint density at radius 1 is 1.29 bits per heavy atom. The summed E-state index contributed by atoms with van der Waals surface area (Å²) in [4.78, 5) is 25.8. The molecule has 0 amide bonds. The Morgan fingerprint density at radius 3 is 2.58 bits per heavy atom. The lowest BCUT2D eigenvalue weighted by Crippen LogP contribution is -2.09. The Balaban J connectivity index is 2.61. The number of aliphatic carboxylic acids is 1. The van der Waals surface area contributed by atoms with Crippen LogP contribution in [0.4, 0.5) is 0 Å². The van der Waals surface area contributed by atoms with Crippen molar-refractivity contribution in [2.45, 2.75) is 25.5 Å². The summed E-state index contributed by atoms with van der Waals surface area (Å²) in [6, 6.07) is 4.73. The molecule has 0 atom stereocenters. The number of carboxylic acids is 1. The number of hydrogen-bond donors (Lipinski definition) is 3. The van der Waals surface area contributed by atoms with Crippen LogP contribution in [-0.4, -0.2) is 41.6 Å². The van der Waals surface area contributed by atoms with E-state index in [1.54, 1.807) is 19.1 Å². The molecule has 3 N–H and O–H groups in total. The van der Waals surface area contributed by atoms with E-state index in [2.05, 4.69) is 4.98 Å². The molecule has 9 heteroatoms. The van der Waals surface area contributed by atoms with Crippen LogP contribution < -0.4 is 0 Å². The first-order chi connectivity index (χ1) is 11.2. The van der Waals surface area contributed by atoms with Crippen LogP contribution in [0.1, 0.15) is 35.0 Å². The predicted octanol–water partition coefficient (Wildman–Crippen LogP) is 1.75. The molecule has 0 fully saturated rings. The summed E-state index contributed by atoms with van der Waals surface area (Å²) in [7, 11) is -4.26. The van der Waals surface area contributed by atoms with Crippen LogP contribution in [0.15, 0.2) is 18.2 Å². The summed E-state index contributed by atoms with van der Waals surface area (Å²) < 4.78 is 36.3. The van der Waals surface area contributed by atoms with E-state index < -0.39 is 27.8 Å². The number of nitrogens with one attached hydrogen (secondary N) is 1. The van der Waals surface area contributed by atoms with Gasteiger partial charge in [0.15, 0.2) is 0 Å². The first-order valence-electron chi connectivity index (χ1n) is 7.19. The van der Waals surface area contributed by atoms with Gasteiger partial charge >= 0.3 is 11.9 Å². The van der Waals surface area contributed by atoms with Gasteiger partial charge in [-0.3, -0.25) is 9.35 Å². The van der Waals surface area contributed by atoms with Gasteiger partial charge < -0.3 is 14.8 Å². The van der Waals surface area contributed by atoms with E-state index in [-0.39, 0.29) is 30.7 Å². The van der Waals surface area contributed by atoms with Gasteiger partial charge in [0.05, 0.1) is 12.1 Å². The summed E-state index contributed by atoms with van der Waals surface area (Å²) in [5.41, 5.74) is 1.18. The van der Waals surface area contributed by atoms with Crippen LogP contribution in [0, 0.1) is 0 Å². The molecule has 1 aromatic carbocycles. The molecular formula is C15H17NO7S. The fourth-order valence-electron chi connectivity index (χ4n) is 2.52. The third-order valence-corrected chi connectivity index (χ3v) is 4.11. The largest absolute Gasteiger partial charge is 0.481 e. The van der Waals surface area contributed by atoms with Crippen molar-refractivity contribution in [1.82, 2.24) is 4.98 Å². The Labute approximate surface area is 138 Å².